The number of carboxylic acids is 1. The molecule has 1 saturated heterocycles. The first-order valence-corrected chi connectivity index (χ1v) is 15.4. The maximum absolute atomic E-state index is 12.0. The number of Topliss-reactive ketones (excluding diaryl/α,β-unsaturated/α-hetero) is 2. The molecule has 3 rings (SSSR count). The van der Waals surface area contributed by atoms with E-state index >= 15 is 0 Å². The van der Waals surface area contributed by atoms with E-state index in [-0.39, 0.29) is 73.7 Å². The highest BCUT2D eigenvalue weighted by Crippen LogP contribution is 2.25. The summed E-state index contributed by atoms with van der Waals surface area (Å²) in [6.07, 6.45) is -7.89. The number of ketones is 2. The standard InChI is InChI=1S/C17H23NO4.C17H22O9/c1-12(2)17(21)22-11-13-4-6-14(7-5-13)16(20)9-8-15(19)10-18-3;1-8(2)16(23)24-7-9-3-5-10(6-4-9)25-17-13(20)11(18)12(19)14(26-17)15(21)22/h4-7,12,18H,8-11H2,1-3H3;3-6,8,11-14,17-20H,7H2,1-2H3,(H,21,22)/t;11-,12-,13+,14-,17+/m.0/s1. The lowest BCUT2D eigenvalue weighted by Crippen LogP contribution is -2.61. The molecule has 48 heavy (non-hydrogen) atoms. The van der Waals surface area contributed by atoms with Gasteiger partial charge in [0.1, 0.15) is 43.1 Å². The second kappa shape index (κ2) is 19.6. The zero-order valence-corrected chi connectivity index (χ0v) is 27.7. The molecule has 1 aliphatic heterocycles. The van der Waals surface area contributed by atoms with Crippen molar-refractivity contribution >= 4 is 29.5 Å². The minimum absolute atomic E-state index is 0.0214. The van der Waals surface area contributed by atoms with Gasteiger partial charge in [0, 0.05) is 18.4 Å². The number of hydrogen-bond acceptors (Lipinski definition) is 13. The molecule has 14 heteroatoms. The number of esters is 2. The van der Waals surface area contributed by atoms with E-state index in [0.717, 1.165) is 5.56 Å². The van der Waals surface area contributed by atoms with Crippen molar-refractivity contribution in [1.82, 2.24) is 5.32 Å². The van der Waals surface area contributed by atoms with Gasteiger partial charge in [0.25, 0.3) is 0 Å². The summed E-state index contributed by atoms with van der Waals surface area (Å²) in [5, 5.41) is 41.1. The summed E-state index contributed by atoms with van der Waals surface area (Å²) in [6, 6.07) is 13.2. The number of benzene rings is 2. The van der Waals surface area contributed by atoms with Crippen LogP contribution < -0.4 is 10.1 Å². The molecule has 14 nitrogen and oxygen atoms in total. The highest BCUT2D eigenvalue weighted by molar-refractivity contribution is 5.98. The van der Waals surface area contributed by atoms with Crippen LogP contribution in [-0.2, 0) is 46.6 Å². The van der Waals surface area contributed by atoms with Crippen LogP contribution in [0.5, 0.6) is 5.75 Å². The van der Waals surface area contributed by atoms with E-state index in [9.17, 15) is 39.3 Å². The quantitative estimate of drug-likeness (QED) is 0.134. The van der Waals surface area contributed by atoms with Crippen LogP contribution in [0.2, 0.25) is 0 Å². The van der Waals surface area contributed by atoms with Crippen molar-refractivity contribution in [2.75, 3.05) is 13.6 Å². The molecule has 0 amide bonds. The van der Waals surface area contributed by atoms with Crippen LogP contribution in [0.3, 0.4) is 0 Å². The molecule has 1 fully saturated rings. The Morgan fingerprint density at radius 2 is 1.25 bits per heavy atom. The first kappa shape index (κ1) is 40.0. The second-order valence-corrected chi connectivity index (χ2v) is 11.7. The molecule has 0 unspecified atom stereocenters. The molecule has 2 aromatic carbocycles. The summed E-state index contributed by atoms with van der Waals surface area (Å²) >= 11 is 0. The predicted octanol–water partition coefficient (Wildman–Crippen LogP) is 1.79. The Labute approximate surface area is 279 Å². The van der Waals surface area contributed by atoms with E-state index in [1.165, 1.54) is 12.1 Å². The van der Waals surface area contributed by atoms with Crippen LogP contribution >= 0.6 is 0 Å². The second-order valence-electron chi connectivity index (χ2n) is 11.7. The number of likely N-dealkylation sites (N-methyl/N-ethyl adjacent to an activating group) is 1. The maximum atomic E-state index is 12.0. The largest absolute Gasteiger partial charge is 0.479 e. The minimum atomic E-state index is -1.78. The fourth-order valence-corrected chi connectivity index (χ4v) is 4.06. The van der Waals surface area contributed by atoms with Crippen molar-refractivity contribution in [3.8, 4) is 5.75 Å². The Bertz CT molecular complexity index is 1360. The average molecular weight is 676 g/mol. The third kappa shape index (κ3) is 12.8. The number of carbonyl (C=O) groups excluding carboxylic acids is 4. The molecule has 0 radical (unpaired) electrons. The van der Waals surface area contributed by atoms with Gasteiger partial charge < -0.3 is 44.7 Å². The Morgan fingerprint density at radius 1 is 0.750 bits per heavy atom. The Hall–Kier alpha value is -4.21. The fraction of sp³-hybridized carbons (Fsp3) is 0.500. The normalized spacial score (nSPS) is 20.3. The third-order valence-electron chi connectivity index (χ3n) is 6.97. The molecule has 264 valence electrons. The number of rotatable bonds is 15. The van der Waals surface area contributed by atoms with E-state index in [1.807, 2.05) is 0 Å². The molecule has 5 atom stereocenters. The highest BCUT2D eigenvalue weighted by atomic mass is 16.7. The van der Waals surface area contributed by atoms with Gasteiger partial charge in [-0.15, -0.1) is 0 Å². The van der Waals surface area contributed by atoms with Gasteiger partial charge in [-0.3, -0.25) is 19.2 Å². The molecule has 1 aliphatic rings. The van der Waals surface area contributed by atoms with Crippen molar-refractivity contribution < 1.29 is 63.3 Å². The Morgan fingerprint density at radius 3 is 1.71 bits per heavy atom. The van der Waals surface area contributed by atoms with Crippen LogP contribution in [0, 0.1) is 11.8 Å². The molecular formula is C34H45NO13. The molecule has 0 spiro atoms. The zero-order chi connectivity index (χ0) is 36.0. The van der Waals surface area contributed by atoms with Crippen molar-refractivity contribution in [1.29, 1.82) is 0 Å². The molecule has 0 bridgehead atoms. The lowest BCUT2D eigenvalue weighted by molar-refractivity contribution is -0.271. The molecule has 2 aromatic rings. The number of nitrogens with one attached hydrogen (secondary N) is 1. The van der Waals surface area contributed by atoms with E-state index in [4.69, 9.17) is 24.1 Å². The van der Waals surface area contributed by atoms with Gasteiger partial charge in [0.05, 0.1) is 18.4 Å². The number of carbonyl (C=O) groups is 5. The first-order valence-electron chi connectivity index (χ1n) is 15.4. The van der Waals surface area contributed by atoms with E-state index < -0.39 is 36.7 Å². The van der Waals surface area contributed by atoms with E-state index in [1.54, 1.807) is 71.1 Å². The maximum Gasteiger partial charge on any atom is 0.335 e. The van der Waals surface area contributed by atoms with Gasteiger partial charge in [-0.2, -0.15) is 0 Å². The van der Waals surface area contributed by atoms with E-state index in [0.29, 0.717) is 11.1 Å². The molecule has 0 aromatic heterocycles. The molecule has 1 heterocycles. The fourth-order valence-electron chi connectivity index (χ4n) is 4.06. The molecule has 0 saturated carbocycles. The zero-order valence-electron chi connectivity index (χ0n) is 27.7. The molecule has 5 N–H and O–H groups in total. The third-order valence-corrected chi connectivity index (χ3v) is 6.97. The lowest BCUT2D eigenvalue weighted by atomic mass is 9.99. The van der Waals surface area contributed by atoms with Crippen LogP contribution in [0.1, 0.15) is 62.0 Å². The SMILES string of the molecule is CC(C)C(=O)OCc1ccc(O[C@@H]2O[C@H](C(=O)O)[C@@H](O)[C@H](O)[C@H]2O)cc1.CNCC(=O)CCC(=O)c1ccc(COC(=O)C(C)C)cc1. The van der Waals surface area contributed by atoms with E-state index in [2.05, 4.69) is 5.32 Å². The summed E-state index contributed by atoms with van der Waals surface area (Å²) < 4.78 is 20.6. The predicted molar refractivity (Wildman–Crippen MR) is 170 cm³/mol. The number of hydrogen-bond donors (Lipinski definition) is 5. The number of aliphatic hydroxyl groups is 3. The van der Waals surface area contributed by atoms with Gasteiger partial charge in [-0.05, 0) is 30.3 Å². The molecule has 0 aliphatic carbocycles. The number of carboxylic acid groups (broad SMARTS) is 1. The van der Waals surface area contributed by atoms with Crippen LogP contribution in [0.4, 0.5) is 0 Å². The van der Waals surface area contributed by atoms with Gasteiger partial charge >= 0.3 is 17.9 Å². The minimum Gasteiger partial charge on any atom is -0.479 e. The number of ether oxygens (including phenoxy) is 4. The van der Waals surface area contributed by atoms with Crippen LogP contribution in [0.25, 0.3) is 0 Å². The smallest absolute Gasteiger partial charge is 0.335 e. The monoisotopic (exact) mass is 675 g/mol. The Balaban J connectivity index is 0.000000339. The van der Waals surface area contributed by atoms with Crippen molar-refractivity contribution in [2.45, 2.75) is 84.5 Å². The Kier molecular flexibility index (Phi) is 16.3. The first-order chi connectivity index (χ1) is 22.6. The van der Waals surface area contributed by atoms with Crippen molar-refractivity contribution in [3.05, 3.63) is 65.2 Å². The summed E-state index contributed by atoms with van der Waals surface area (Å²) in [5.74, 6) is -2.25. The number of aliphatic hydroxyl groups excluding tert-OH is 3. The number of aliphatic carboxylic acids is 1. The van der Waals surface area contributed by atoms with Gasteiger partial charge in [-0.1, -0.05) is 64.1 Å². The topological polar surface area (TPSA) is 215 Å². The van der Waals surface area contributed by atoms with Gasteiger partial charge in [-0.25, -0.2) is 4.79 Å². The summed E-state index contributed by atoms with van der Waals surface area (Å²) in [7, 11) is 1.70. The van der Waals surface area contributed by atoms with Crippen LogP contribution in [0.15, 0.2) is 48.5 Å². The van der Waals surface area contributed by atoms with Gasteiger partial charge in [0.2, 0.25) is 6.29 Å². The summed E-state index contributed by atoms with van der Waals surface area (Å²) in [4.78, 5) is 57.2. The van der Waals surface area contributed by atoms with Crippen molar-refractivity contribution in [2.24, 2.45) is 11.8 Å². The van der Waals surface area contributed by atoms with Crippen molar-refractivity contribution in [3.63, 3.8) is 0 Å². The lowest BCUT2D eigenvalue weighted by Gasteiger charge is -2.38. The molecular weight excluding hydrogens is 630 g/mol. The highest BCUT2D eigenvalue weighted by Gasteiger charge is 2.48. The summed E-state index contributed by atoms with van der Waals surface area (Å²) in [6.45, 7) is 7.58. The average Bonchev–Trinajstić information content (AvgIpc) is 3.06. The van der Waals surface area contributed by atoms with Crippen LogP contribution in [-0.4, -0.2) is 94.2 Å². The van der Waals surface area contributed by atoms with Gasteiger partial charge in [0.15, 0.2) is 11.9 Å². The summed E-state index contributed by atoms with van der Waals surface area (Å²) in [5.41, 5.74) is 2.10.